The molecule has 2 heteroatoms. The number of aryl methyl sites for hydroxylation is 1. The number of nitrogens with one attached hydrogen (secondary N) is 1. The van der Waals surface area contributed by atoms with Crippen molar-refractivity contribution in [3.05, 3.63) is 29.3 Å². The van der Waals surface area contributed by atoms with E-state index >= 15 is 0 Å². The maximum absolute atomic E-state index is 5.85. The summed E-state index contributed by atoms with van der Waals surface area (Å²) in [6.07, 6.45) is 8.13. The van der Waals surface area contributed by atoms with Crippen molar-refractivity contribution >= 4 is 5.69 Å². The summed E-state index contributed by atoms with van der Waals surface area (Å²) in [6.45, 7) is 2.77. The third-order valence-corrected chi connectivity index (χ3v) is 3.83. The average molecular weight is 232 g/mol. The zero-order valence-corrected chi connectivity index (χ0v) is 10.8. The van der Waals surface area contributed by atoms with Crippen LogP contribution in [-0.4, -0.2) is 6.04 Å². The highest BCUT2D eigenvalue weighted by Gasteiger charge is 2.13. The molecule has 0 saturated heterocycles. The SMILES string of the molecule is Cc1cccc(NC2CCCCCC2)c1CN. The Kier molecular flexibility index (Phi) is 4.43. The van der Waals surface area contributed by atoms with E-state index < -0.39 is 0 Å². The summed E-state index contributed by atoms with van der Waals surface area (Å²) in [4.78, 5) is 0. The summed E-state index contributed by atoms with van der Waals surface area (Å²) in [5.74, 6) is 0. The Balaban J connectivity index is 2.09. The highest BCUT2D eigenvalue weighted by molar-refractivity contribution is 5.55. The van der Waals surface area contributed by atoms with Gasteiger partial charge in [0, 0.05) is 18.3 Å². The molecular weight excluding hydrogens is 208 g/mol. The van der Waals surface area contributed by atoms with Gasteiger partial charge >= 0.3 is 0 Å². The molecule has 1 aromatic carbocycles. The van der Waals surface area contributed by atoms with Crippen LogP contribution in [0.4, 0.5) is 5.69 Å². The van der Waals surface area contributed by atoms with Crippen LogP contribution in [0.15, 0.2) is 18.2 Å². The van der Waals surface area contributed by atoms with E-state index in [0.29, 0.717) is 12.6 Å². The summed E-state index contributed by atoms with van der Waals surface area (Å²) in [7, 11) is 0. The Hall–Kier alpha value is -1.02. The Bertz CT molecular complexity index is 352. The zero-order chi connectivity index (χ0) is 12.1. The van der Waals surface area contributed by atoms with Crippen LogP contribution in [0.25, 0.3) is 0 Å². The third kappa shape index (κ3) is 3.22. The first-order valence-electron chi connectivity index (χ1n) is 6.86. The topological polar surface area (TPSA) is 38.0 Å². The van der Waals surface area contributed by atoms with E-state index in [4.69, 9.17) is 5.73 Å². The van der Waals surface area contributed by atoms with Gasteiger partial charge in [0.05, 0.1) is 0 Å². The largest absolute Gasteiger partial charge is 0.382 e. The molecule has 0 heterocycles. The van der Waals surface area contributed by atoms with Gasteiger partial charge in [-0.05, 0) is 37.0 Å². The molecule has 0 radical (unpaired) electrons. The zero-order valence-electron chi connectivity index (χ0n) is 10.8. The molecule has 0 aromatic heterocycles. The van der Waals surface area contributed by atoms with Crippen LogP contribution >= 0.6 is 0 Å². The van der Waals surface area contributed by atoms with Crippen LogP contribution in [0.1, 0.15) is 49.7 Å². The molecule has 0 aliphatic heterocycles. The van der Waals surface area contributed by atoms with Gasteiger partial charge in [-0.15, -0.1) is 0 Å². The maximum atomic E-state index is 5.85. The Labute approximate surface area is 105 Å². The van der Waals surface area contributed by atoms with Crippen LogP contribution < -0.4 is 11.1 Å². The fourth-order valence-electron chi connectivity index (χ4n) is 2.75. The quantitative estimate of drug-likeness (QED) is 0.782. The lowest BCUT2D eigenvalue weighted by Gasteiger charge is -2.20. The number of nitrogens with two attached hydrogens (primary N) is 1. The molecule has 0 unspecified atom stereocenters. The van der Waals surface area contributed by atoms with Gasteiger partial charge < -0.3 is 11.1 Å². The van der Waals surface area contributed by atoms with Crippen molar-refractivity contribution < 1.29 is 0 Å². The highest BCUT2D eigenvalue weighted by atomic mass is 14.9. The maximum Gasteiger partial charge on any atom is 0.0390 e. The number of anilines is 1. The monoisotopic (exact) mass is 232 g/mol. The summed E-state index contributed by atoms with van der Waals surface area (Å²) in [5, 5.41) is 3.70. The lowest BCUT2D eigenvalue weighted by molar-refractivity contribution is 0.619. The molecule has 0 amide bonds. The molecule has 1 saturated carbocycles. The smallest absolute Gasteiger partial charge is 0.0390 e. The van der Waals surface area contributed by atoms with Gasteiger partial charge in [-0.1, -0.05) is 37.8 Å². The van der Waals surface area contributed by atoms with E-state index in [1.165, 1.54) is 55.3 Å². The van der Waals surface area contributed by atoms with Gasteiger partial charge in [0.2, 0.25) is 0 Å². The molecule has 1 aliphatic carbocycles. The average Bonchev–Trinajstić information content (AvgIpc) is 2.58. The van der Waals surface area contributed by atoms with Crippen molar-refractivity contribution in [2.75, 3.05) is 5.32 Å². The van der Waals surface area contributed by atoms with Gasteiger partial charge in [-0.3, -0.25) is 0 Å². The van der Waals surface area contributed by atoms with Gasteiger partial charge in [0.15, 0.2) is 0 Å². The fourth-order valence-corrected chi connectivity index (χ4v) is 2.75. The van der Waals surface area contributed by atoms with Crippen molar-refractivity contribution in [1.82, 2.24) is 0 Å². The van der Waals surface area contributed by atoms with E-state index in [2.05, 4.69) is 30.4 Å². The fraction of sp³-hybridized carbons (Fsp3) is 0.600. The van der Waals surface area contributed by atoms with E-state index in [9.17, 15) is 0 Å². The summed E-state index contributed by atoms with van der Waals surface area (Å²) in [5.41, 5.74) is 9.67. The second-order valence-electron chi connectivity index (χ2n) is 5.14. The number of hydrogen-bond donors (Lipinski definition) is 2. The number of hydrogen-bond acceptors (Lipinski definition) is 2. The molecule has 2 nitrogen and oxygen atoms in total. The minimum Gasteiger partial charge on any atom is -0.382 e. The second-order valence-corrected chi connectivity index (χ2v) is 5.14. The van der Waals surface area contributed by atoms with Crippen LogP contribution in [0.3, 0.4) is 0 Å². The normalized spacial score (nSPS) is 17.8. The molecule has 1 fully saturated rings. The van der Waals surface area contributed by atoms with Gasteiger partial charge in [0.1, 0.15) is 0 Å². The lowest BCUT2D eigenvalue weighted by Crippen LogP contribution is -2.20. The first-order chi connectivity index (χ1) is 8.31. The third-order valence-electron chi connectivity index (χ3n) is 3.83. The Morgan fingerprint density at radius 1 is 1.18 bits per heavy atom. The standard InChI is InChI=1S/C15H24N2/c1-12-7-6-10-15(14(12)11-16)17-13-8-4-2-3-5-9-13/h6-7,10,13,17H,2-5,8-9,11,16H2,1H3. The van der Waals surface area contributed by atoms with Gasteiger partial charge in [-0.25, -0.2) is 0 Å². The first kappa shape index (κ1) is 12.4. The lowest BCUT2D eigenvalue weighted by atomic mass is 10.0. The van der Waals surface area contributed by atoms with Crippen LogP contribution in [0.5, 0.6) is 0 Å². The Morgan fingerprint density at radius 2 is 1.88 bits per heavy atom. The van der Waals surface area contributed by atoms with Crippen molar-refractivity contribution in [2.45, 2.75) is 58.0 Å². The van der Waals surface area contributed by atoms with Gasteiger partial charge in [-0.2, -0.15) is 0 Å². The molecular formula is C15H24N2. The molecule has 1 aliphatic rings. The van der Waals surface area contributed by atoms with Crippen LogP contribution in [0.2, 0.25) is 0 Å². The van der Waals surface area contributed by atoms with Crippen molar-refractivity contribution in [1.29, 1.82) is 0 Å². The molecule has 0 atom stereocenters. The minimum absolute atomic E-state index is 0.627. The number of benzene rings is 1. The van der Waals surface area contributed by atoms with E-state index in [1.54, 1.807) is 0 Å². The van der Waals surface area contributed by atoms with Crippen LogP contribution in [-0.2, 0) is 6.54 Å². The predicted octanol–water partition coefficient (Wildman–Crippen LogP) is 3.59. The minimum atomic E-state index is 0.627. The summed E-state index contributed by atoms with van der Waals surface area (Å²) >= 11 is 0. The van der Waals surface area contributed by atoms with E-state index in [-0.39, 0.29) is 0 Å². The van der Waals surface area contributed by atoms with Crippen molar-refractivity contribution in [3.8, 4) is 0 Å². The van der Waals surface area contributed by atoms with Crippen LogP contribution in [0, 0.1) is 6.92 Å². The second kappa shape index (κ2) is 6.06. The van der Waals surface area contributed by atoms with Gasteiger partial charge in [0.25, 0.3) is 0 Å². The molecule has 2 rings (SSSR count). The Morgan fingerprint density at radius 3 is 2.53 bits per heavy atom. The highest BCUT2D eigenvalue weighted by Crippen LogP contribution is 2.24. The molecule has 3 N–H and O–H groups in total. The predicted molar refractivity (Wildman–Crippen MR) is 74.2 cm³/mol. The number of rotatable bonds is 3. The molecule has 17 heavy (non-hydrogen) atoms. The molecule has 1 aromatic rings. The van der Waals surface area contributed by atoms with E-state index in [1.807, 2.05) is 0 Å². The van der Waals surface area contributed by atoms with E-state index in [0.717, 1.165) is 0 Å². The first-order valence-corrected chi connectivity index (χ1v) is 6.86. The summed E-state index contributed by atoms with van der Waals surface area (Å²) in [6, 6.07) is 7.07. The molecule has 0 bridgehead atoms. The molecule has 0 spiro atoms. The molecule has 94 valence electrons. The van der Waals surface area contributed by atoms with Crippen molar-refractivity contribution in [3.63, 3.8) is 0 Å². The van der Waals surface area contributed by atoms with Crippen molar-refractivity contribution in [2.24, 2.45) is 5.73 Å². The summed E-state index contributed by atoms with van der Waals surface area (Å²) < 4.78 is 0.